The molecule has 0 aliphatic rings. The maximum Gasteiger partial charge on any atom is 0.0555 e. The first-order chi connectivity index (χ1) is 19.4. The van der Waals surface area contributed by atoms with Gasteiger partial charge in [-0.2, -0.15) is 0 Å². The quantitative estimate of drug-likeness (QED) is 0.217. The van der Waals surface area contributed by atoms with Gasteiger partial charge in [0.1, 0.15) is 0 Å². The predicted molar refractivity (Wildman–Crippen MR) is 168 cm³/mol. The third-order valence-corrected chi connectivity index (χ3v) is 9.25. The fourth-order valence-corrected chi connectivity index (χ4v) is 7.63. The summed E-state index contributed by atoms with van der Waals surface area (Å²) < 4.78 is 7.52. The third-order valence-electron chi connectivity index (χ3n) is 8.12. The van der Waals surface area contributed by atoms with Gasteiger partial charge in [0.25, 0.3) is 0 Å². The topological polar surface area (TPSA) is 9.86 Å². The van der Waals surface area contributed by atoms with Crippen molar-refractivity contribution in [3.63, 3.8) is 0 Å². The van der Waals surface area contributed by atoms with Crippen molar-refractivity contribution in [1.82, 2.24) is 9.13 Å². The highest BCUT2D eigenvalue weighted by Crippen LogP contribution is 2.41. The number of benzene rings is 6. The zero-order valence-electron chi connectivity index (χ0n) is 21.0. The van der Waals surface area contributed by atoms with Crippen molar-refractivity contribution in [2.75, 3.05) is 0 Å². The number of aromatic nitrogens is 2. The molecule has 9 rings (SSSR count). The van der Waals surface area contributed by atoms with Crippen LogP contribution in [0.25, 0.3) is 75.2 Å². The van der Waals surface area contributed by atoms with Crippen molar-refractivity contribution in [1.29, 1.82) is 0 Å². The fraction of sp³-hybridized carbons (Fsp3) is 0. The van der Waals surface area contributed by atoms with E-state index in [0.29, 0.717) is 0 Å². The van der Waals surface area contributed by atoms with Crippen LogP contribution in [0.5, 0.6) is 0 Å². The zero-order valence-corrected chi connectivity index (χ0v) is 21.8. The second-order valence-electron chi connectivity index (χ2n) is 10.2. The molecule has 6 aromatic carbocycles. The van der Waals surface area contributed by atoms with E-state index in [-0.39, 0.29) is 0 Å². The molecular formula is C36H22N2S. The minimum atomic E-state index is 1.18. The minimum Gasteiger partial charge on any atom is -0.309 e. The molecule has 0 N–H and O–H groups in total. The Kier molecular flexibility index (Phi) is 4.24. The summed E-state index contributed by atoms with van der Waals surface area (Å²) in [6.07, 6.45) is 0. The minimum absolute atomic E-state index is 1.18. The Balaban J connectivity index is 1.39. The Morgan fingerprint density at radius 3 is 1.64 bits per heavy atom. The number of rotatable bonds is 2. The molecule has 2 nitrogen and oxygen atoms in total. The molecule has 0 atom stereocenters. The monoisotopic (exact) mass is 514 g/mol. The van der Waals surface area contributed by atoms with E-state index in [1.165, 1.54) is 75.2 Å². The summed E-state index contributed by atoms with van der Waals surface area (Å²) in [6, 6.07) is 48.7. The zero-order chi connectivity index (χ0) is 25.5. The van der Waals surface area contributed by atoms with Gasteiger partial charge < -0.3 is 9.13 Å². The number of hydrogen-bond acceptors (Lipinski definition) is 1. The lowest BCUT2D eigenvalue weighted by atomic mass is 10.1. The van der Waals surface area contributed by atoms with Gasteiger partial charge in [-0.15, -0.1) is 11.3 Å². The molecule has 0 unspecified atom stereocenters. The molecule has 0 radical (unpaired) electrons. The van der Waals surface area contributed by atoms with E-state index in [1.54, 1.807) is 0 Å². The molecule has 0 aliphatic carbocycles. The van der Waals surface area contributed by atoms with Gasteiger partial charge in [0.2, 0.25) is 0 Å². The summed E-state index contributed by atoms with van der Waals surface area (Å²) in [5, 5.41) is 7.75. The molecule has 0 fully saturated rings. The average molecular weight is 515 g/mol. The van der Waals surface area contributed by atoms with Crippen LogP contribution >= 0.6 is 11.3 Å². The third kappa shape index (κ3) is 2.85. The number of nitrogens with zero attached hydrogens (tertiary/aromatic N) is 2. The van der Waals surface area contributed by atoms with Gasteiger partial charge in [-0.05, 0) is 54.6 Å². The standard InChI is InChI=1S/C36H22N2S/c1-5-14-29-24(10-1)25-11-2-6-15-30(25)37(29)23-20-21-32-28(22-23)26-12-3-7-16-31(26)38(32)33-17-9-19-35-36(33)27-13-4-8-18-34(27)39-35/h1-22H. The van der Waals surface area contributed by atoms with Crippen molar-refractivity contribution in [3.05, 3.63) is 133 Å². The average Bonchev–Trinajstić information content (AvgIpc) is 3.65. The molecule has 0 saturated carbocycles. The smallest absolute Gasteiger partial charge is 0.0555 e. The maximum absolute atomic E-state index is 2.46. The summed E-state index contributed by atoms with van der Waals surface area (Å²) >= 11 is 1.87. The van der Waals surface area contributed by atoms with Crippen molar-refractivity contribution >= 4 is 75.1 Å². The molecule has 0 aliphatic heterocycles. The van der Waals surface area contributed by atoms with Crippen LogP contribution in [0.3, 0.4) is 0 Å². The van der Waals surface area contributed by atoms with Crippen LogP contribution in [0.15, 0.2) is 133 Å². The van der Waals surface area contributed by atoms with E-state index in [4.69, 9.17) is 0 Å². The van der Waals surface area contributed by atoms with Gasteiger partial charge >= 0.3 is 0 Å². The second-order valence-corrected chi connectivity index (χ2v) is 11.3. The largest absolute Gasteiger partial charge is 0.309 e. The van der Waals surface area contributed by atoms with Crippen LogP contribution in [0.4, 0.5) is 0 Å². The first-order valence-electron chi connectivity index (χ1n) is 13.3. The Labute approximate surface area is 228 Å². The normalized spacial score (nSPS) is 12.1. The van der Waals surface area contributed by atoms with Crippen LogP contribution in [0.1, 0.15) is 0 Å². The molecule has 0 saturated heterocycles. The lowest BCUT2D eigenvalue weighted by Crippen LogP contribution is -1.96. The SMILES string of the molecule is c1ccc2c(c1)sc1cccc(-n3c4ccccc4c4cc(-n5c6ccccc6c6ccccc65)ccc43)c12. The first kappa shape index (κ1) is 21.1. The van der Waals surface area contributed by atoms with E-state index in [9.17, 15) is 0 Å². The lowest BCUT2D eigenvalue weighted by molar-refractivity contribution is 1.17. The summed E-state index contributed by atoms with van der Waals surface area (Å²) in [5.74, 6) is 0. The number of hydrogen-bond donors (Lipinski definition) is 0. The molecule has 0 amide bonds. The Morgan fingerprint density at radius 2 is 0.923 bits per heavy atom. The summed E-state index contributed by atoms with van der Waals surface area (Å²) in [5.41, 5.74) is 7.34. The Hall–Kier alpha value is -4.86. The van der Waals surface area contributed by atoms with E-state index < -0.39 is 0 Å². The van der Waals surface area contributed by atoms with Crippen LogP contribution in [0, 0.1) is 0 Å². The highest BCUT2D eigenvalue weighted by Gasteiger charge is 2.18. The van der Waals surface area contributed by atoms with Crippen molar-refractivity contribution < 1.29 is 0 Å². The Bertz CT molecular complexity index is 2350. The highest BCUT2D eigenvalue weighted by atomic mass is 32.1. The summed E-state index contributed by atoms with van der Waals surface area (Å²) in [6.45, 7) is 0. The number of para-hydroxylation sites is 3. The molecule has 3 heteroatoms. The van der Waals surface area contributed by atoms with Crippen LogP contribution in [-0.2, 0) is 0 Å². The van der Waals surface area contributed by atoms with Gasteiger partial charge in [0, 0.05) is 47.4 Å². The Morgan fingerprint density at radius 1 is 0.385 bits per heavy atom. The van der Waals surface area contributed by atoms with Gasteiger partial charge in [0.15, 0.2) is 0 Å². The molecule has 0 bridgehead atoms. The number of thiophene rings is 1. The maximum atomic E-state index is 2.46. The van der Waals surface area contributed by atoms with E-state index >= 15 is 0 Å². The van der Waals surface area contributed by atoms with Gasteiger partial charge in [-0.3, -0.25) is 0 Å². The van der Waals surface area contributed by atoms with E-state index in [0.717, 1.165) is 0 Å². The fourth-order valence-electron chi connectivity index (χ4n) is 6.50. The van der Waals surface area contributed by atoms with Crippen molar-refractivity contribution in [2.24, 2.45) is 0 Å². The summed E-state index contributed by atoms with van der Waals surface area (Å²) in [4.78, 5) is 0. The molecular weight excluding hydrogens is 492 g/mol. The van der Waals surface area contributed by atoms with Gasteiger partial charge in [0.05, 0.1) is 27.8 Å². The van der Waals surface area contributed by atoms with Crippen LogP contribution < -0.4 is 0 Å². The summed E-state index contributed by atoms with van der Waals surface area (Å²) in [7, 11) is 0. The molecule has 3 aromatic heterocycles. The van der Waals surface area contributed by atoms with Gasteiger partial charge in [-0.25, -0.2) is 0 Å². The number of fused-ring (bicyclic) bond motifs is 9. The van der Waals surface area contributed by atoms with E-state index in [1.807, 2.05) is 11.3 Å². The van der Waals surface area contributed by atoms with Crippen LogP contribution in [-0.4, -0.2) is 9.13 Å². The molecule has 9 aromatic rings. The lowest BCUT2D eigenvalue weighted by Gasteiger charge is -2.11. The highest BCUT2D eigenvalue weighted by molar-refractivity contribution is 7.25. The molecule has 182 valence electrons. The second kappa shape index (κ2) is 7.83. The van der Waals surface area contributed by atoms with Crippen molar-refractivity contribution in [3.8, 4) is 11.4 Å². The van der Waals surface area contributed by atoms with Gasteiger partial charge in [-0.1, -0.05) is 78.9 Å². The molecule has 3 heterocycles. The molecule has 0 spiro atoms. The molecule has 39 heavy (non-hydrogen) atoms. The van der Waals surface area contributed by atoms with Crippen LogP contribution in [0.2, 0.25) is 0 Å². The van der Waals surface area contributed by atoms with E-state index in [2.05, 4.69) is 143 Å². The first-order valence-corrected chi connectivity index (χ1v) is 14.1. The predicted octanol–water partition coefficient (Wildman–Crippen LogP) is 10.2. The van der Waals surface area contributed by atoms with Crippen molar-refractivity contribution in [2.45, 2.75) is 0 Å².